The average Bonchev–Trinajstić information content (AvgIpc) is 2.79. The number of hydrogen-bond acceptors (Lipinski definition) is 4. The van der Waals surface area contributed by atoms with Gasteiger partial charge in [0.2, 0.25) is 5.91 Å². The summed E-state index contributed by atoms with van der Waals surface area (Å²) < 4.78 is 38.6. The summed E-state index contributed by atoms with van der Waals surface area (Å²) in [5, 5.41) is 4.02. The number of halogens is 3. The Hall–Kier alpha value is -2.09. The number of hydroxylamine groups is 2. The molecule has 1 aromatic rings. The SMILES string of the molecule is CCCNC(=O)CC1(C)N=C(c2cccc(C(F)(F)F)c2)N(C)O1. The van der Waals surface area contributed by atoms with E-state index >= 15 is 0 Å². The molecule has 1 unspecified atom stereocenters. The monoisotopic (exact) mass is 343 g/mol. The van der Waals surface area contributed by atoms with Gasteiger partial charge in [0, 0.05) is 19.2 Å². The van der Waals surface area contributed by atoms with Crippen LogP contribution in [-0.4, -0.2) is 36.1 Å². The number of rotatable bonds is 5. The third-order valence-corrected chi connectivity index (χ3v) is 3.48. The number of aliphatic imine (C=N–C) groups is 1. The van der Waals surface area contributed by atoms with Crippen LogP contribution in [0.15, 0.2) is 29.3 Å². The number of carbonyl (C=O) groups excluding carboxylic acids is 1. The van der Waals surface area contributed by atoms with Crippen LogP contribution in [0.3, 0.4) is 0 Å². The van der Waals surface area contributed by atoms with Crippen LogP contribution in [0.5, 0.6) is 0 Å². The Morgan fingerprint density at radius 1 is 1.42 bits per heavy atom. The van der Waals surface area contributed by atoms with Gasteiger partial charge in [-0.25, -0.2) is 14.9 Å². The first-order chi connectivity index (χ1) is 11.1. The lowest BCUT2D eigenvalue weighted by Gasteiger charge is -2.21. The van der Waals surface area contributed by atoms with Crippen molar-refractivity contribution in [1.29, 1.82) is 0 Å². The van der Waals surface area contributed by atoms with Gasteiger partial charge in [-0.15, -0.1) is 0 Å². The molecule has 0 radical (unpaired) electrons. The van der Waals surface area contributed by atoms with Crippen LogP contribution in [0.25, 0.3) is 0 Å². The molecule has 1 aliphatic rings. The molecule has 1 amide bonds. The molecule has 1 N–H and O–H groups in total. The number of carbonyl (C=O) groups is 1. The lowest BCUT2D eigenvalue weighted by atomic mass is 10.1. The standard InChI is InChI=1S/C16H20F3N3O2/c1-4-8-20-13(23)10-15(2)21-14(22(3)24-15)11-6-5-7-12(9-11)16(17,18)19/h5-7,9H,4,8,10H2,1-3H3,(H,20,23). The van der Waals surface area contributed by atoms with Crippen molar-refractivity contribution in [2.75, 3.05) is 13.6 Å². The first kappa shape index (κ1) is 18.3. The van der Waals surface area contributed by atoms with Gasteiger partial charge >= 0.3 is 6.18 Å². The first-order valence-corrected chi connectivity index (χ1v) is 7.61. The number of nitrogens with zero attached hydrogens (tertiary/aromatic N) is 2. The van der Waals surface area contributed by atoms with Crippen LogP contribution < -0.4 is 5.32 Å². The second kappa shape index (κ2) is 6.80. The molecular weight excluding hydrogens is 323 g/mol. The summed E-state index contributed by atoms with van der Waals surface area (Å²) in [6, 6.07) is 4.85. The fraction of sp³-hybridized carbons (Fsp3) is 0.500. The maximum absolute atomic E-state index is 12.9. The molecule has 1 heterocycles. The normalized spacial score (nSPS) is 20.9. The topological polar surface area (TPSA) is 53.9 Å². The van der Waals surface area contributed by atoms with E-state index in [4.69, 9.17) is 4.84 Å². The molecule has 0 bridgehead atoms. The highest BCUT2D eigenvalue weighted by atomic mass is 19.4. The van der Waals surface area contributed by atoms with E-state index in [0.717, 1.165) is 18.6 Å². The zero-order valence-electron chi connectivity index (χ0n) is 13.8. The molecule has 0 aromatic heterocycles. The molecule has 132 valence electrons. The number of amides is 1. The van der Waals surface area contributed by atoms with E-state index in [1.165, 1.54) is 17.2 Å². The number of amidine groups is 1. The summed E-state index contributed by atoms with van der Waals surface area (Å²) in [4.78, 5) is 21.8. The molecule has 2 rings (SSSR count). The van der Waals surface area contributed by atoms with E-state index in [2.05, 4.69) is 10.3 Å². The fourth-order valence-electron chi connectivity index (χ4n) is 2.43. The van der Waals surface area contributed by atoms with Crippen LogP contribution in [-0.2, 0) is 15.8 Å². The molecule has 0 aliphatic carbocycles. The lowest BCUT2D eigenvalue weighted by molar-refractivity contribution is -0.166. The van der Waals surface area contributed by atoms with Crippen molar-refractivity contribution in [2.45, 2.75) is 38.6 Å². The molecule has 0 saturated carbocycles. The molecule has 0 saturated heterocycles. The van der Waals surface area contributed by atoms with E-state index in [1.54, 1.807) is 14.0 Å². The lowest BCUT2D eigenvalue weighted by Crippen LogP contribution is -2.35. The maximum atomic E-state index is 12.9. The quantitative estimate of drug-likeness (QED) is 0.894. The van der Waals surface area contributed by atoms with E-state index in [-0.39, 0.29) is 23.7 Å². The number of benzene rings is 1. The summed E-state index contributed by atoms with van der Waals surface area (Å²) >= 11 is 0. The molecule has 5 nitrogen and oxygen atoms in total. The second-order valence-corrected chi connectivity index (χ2v) is 5.80. The average molecular weight is 343 g/mol. The highest BCUT2D eigenvalue weighted by molar-refractivity contribution is 5.99. The summed E-state index contributed by atoms with van der Waals surface area (Å²) in [5.74, 6) is 0.0358. The molecule has 0 fully saturated rings. The van der Waals surface area contributed by atoms with Gasteiger partial charge in [-0.2, -0.15) is 13.2 Å². The number of alkyl halides is 3. The van der Waals surface area contributed by atoms with Gasteiger partial charge < -0.3 is 5.32 Å². The predicted molar refractivity (Wildman–Crippen MR) is 83.2 cm³/mol. The van der Waals surface area contributed by atoms with Crippen LogP contribution in [0.2, 0.25) is 0 Å². The fourth-order valence-corrected chi connectivity index (χ4v) is 2.43. The van der Waals surface area contributed by atoms with Crippen molar-refractivity contribution in [1.82, 2.24) is 10.4 Å². The van der Waals surface area contributed by atoms with Gasteiger partial charge in [0.25, 0.3) is 0 Å². The minimum Gasteiger partial charge on any atom is -0.356 e. The van der Waals surface area contributed by atoms with Crippen molar-refractivity contribution in [2.24, 2.45) is 4.99 Å². The minimum absolute atomic E-state index is 0.0141. The third kappa shape index (κ3) is 4.25. The van der Waals surface area contributed by atoms with Crippen molar-refractivity contribution in [3.05, 3.63) is 35.4 Å². The Kier molecular flexibility index (Phi) is 5.17. The first-order valence-electron chi connectivity index (χ1n) is 7.61. The van der Waals surface area contributed by atoms with Crippen molar-refractivity contribution < 1.29 is 22.8 Å². The van der Waals surface area contributed by atoms with Crippen LogP contribution in [0.4, 0.5) is 13.2 Å². The molecule has 24 heavy (non-hydrogen) atoms. The molecule has 1 atom stereocenters. The Bertz CT molecular complexity index is 646. The summed E-state index contributed by atoms with van der Waals surface area (Å²) in [7, 11) is 1.55. The second-order valence-electron chi connectivity index (χ2n) is 5.80. The van der Waals surface area contributed by atoms with E-state index < -0.39 is 17.5 Å². The molecule has 1 aromatic carbocycles. The van der Waals surface area contributed by atoms with E-state index in [1.807, 2.05) is 6.92 Å². The highest BCUT2D eigenvalue weighted by Gasteiger charge is 2.38. The zero-order chi connectivity index (χ0) is 18.0. The van der Waals surface area contributed by atoms with Crippen molar-refractivity contribution in [3.8, 4) is 0 Å². The van der Waals surface area contributed by atoms with E-state index in [0.29, 0.717) is 6.54 Å². The summed E-state index contributed by atoms with van der Waals surface area (Å²) in [5.41, 5.74) is -1.62. The predicted octanol–water partition coefficient (Wildman–Crippen LogP) is 2.96. The van der Waals surface area contributed by atoms with Crippen LogP contribution in [0.1, 0.15) is 37.8 Å². The Labute approximate surface area is 138 Å². The van der Waals surface area contributed by atoms with Gasteiger partial charge in [-0.1, -0.05) is 19.1 Å². The molecule has 8 heteroatoms. The largest absolute Gasteiger partial charge is 0.416 e. The Morgan fingerprint density at radius 3 is 2.75 bits per heavy atom. The molecule has 1 aliphatic heterocycles. The van der Waals surface area contributed by atoms with Gasteiger partial charge in [-0.3, -0.25) is 4.79 Å². The third-order valence-electron chi connectivity index (χ3n) is 3.48. The Morgan fingerprint density at radius 2 is 2.12 bits per heavy atom. The maximum Gasteiger partial charge on any atom is 0.416 e. The van der Waals surface area contributed by atoms with Crippen molar-refractivity contribution >= 4 is 11.7 Å². The zero-order valence-corrected chi connectivity index (χ0v) is 13.8. The summed E-state index contributed by atoms with van der Waals surface area (Å²) in [6.45, 7) is 4.11. The Balaban J connectivity index is 2.23. The van der Waals surface area contributed by atoms with Gasteiger partial charge in [0.1, 0.15) is 0 Å². The van der Waals surface area contributed by atoms with Gasteiger partial charge in [0.05, 0.1) is 12.0 Å². The minimum atomic E-state index is -4.43. The van der Waals surface area contributed by atoms with Crippen LogP contribution >= 0.6 is 0 Å². The number of nitrogens with one attached hydrogen (secondary N) is 1. The highest BCUT2D eigenvalue weighted by Crippen LogP contribution is 2.32. The van der Waals surface area contributed by atoms with Crippen LogP contribution in [0, 0.1) is 0 Å². The molecule has 0 spiro atoms. The molecular formula is C16H20F3N3O2. The smallest absolute Gasteiger partial charge is 0.356 e. The van der Waals surface area contributed by atoms with Gasteiger partial charge in [-0.05, 0) is 25.5 Å². The van der Waals surface area contributed by atoms with Gasteiger partial charge in [0.15, 0.2) is 11.6 Å². The van der Waals surface area contributed by atoms with E-state index in [9.17, 15) is 18.0 Å². The summed E-state index contributed by atoms with van der Waals surface area (Å²) in [6.07, 6.45) is -3.64. The van der Waals surface area contributed by atoms with Crippen molar-refractivity contribution in [3.63, 3.8) is 0 Å². The number of hydrogen-bond donors (Lipinski definition) is 1.